The van der Waals surface area contributed by atoms with E-state index in [1.54, 1.807) is 4.68 Å². The van der Waals surface area contributed by atoms with Gasteiger partial charge in [0.1, 0.15) is 0 Å². The van der Waals surface area contributed by atoms with Gasteiger partial charge in [-0.1, -0.05) is 59.7 Å². The molecule has 0 saturated heterocycles. The van der Waals surface area contributed by atoms with Crippen LogP contribution in [-0.4, -0.2) is 20.2 Å². The first kappa shape index (κ1) is 11.8. The molecule has 5 heteroatoms. The lowest BCUT2D eigenvalue weighted by Gasteiger charge is -2.15. The molecule has 0 unspecified atom stereocenters. The molecule has 1 aliphatic heterocycles. The summed E-state index contributed by atoms with van der Waals surface area (Å²) in [6, 6.07) is 18.8. The molecule has 0 radical (unpaired) electrons. The molecule has 1 aromatic heterocycles. The van der Waals surface area contributed by atoms with Crippen LogP contribution in [0.5, 0.6) is 0 Å². The number of hydrogen-bond donors (Lipinski definition) is 1. The highest BCUT2D eigenvalue weighted by Crippen LogP contribution is 2.24. The van der Waals surface area contributed by atoms with Gasteiger partial charge in [0, 0.05) is 5.70 Å². The third-order valence-electron chi connectivity index (χ3n) is 3.55. The lowest BCUT2D eigenvalue weighted by Crippen LogP contribution is -2.13. The first-order valence-corrected chi connectivity index (χ1v) is 6.79. The third kappa shape index (κ3) is 2.18. The summed E-state index contributed by atoms with van der Waals surface area (Å²) in [5.41, 5.74) is 4.60. The summed E-state index contributed by atoms with van der Waals surface area (Å²) in [7, 11) is 0. The molecule has 0 bridgehead atoms. The molecule has 2 aromatic carbocycles. The van der Waals surface area contributed by atoms with Crippen LogP contribution in [0.1, 0.15) is 5.56 Å². The summed E-state index contributed by atoms with van der Waals surface area (Å²) in [6.45, 7) is 0.686. The standard InChI is InChI=1S/C16H13N5/c1-2-4-12(5-3-1)13-6-8-14(9-7-13)15-10-11-21-16(17-15)18-19-20-21/h1-10H,11H2,(H,17,18,20). The van der Waals surface area contributed by atoms with Crippen molar-refractivity contribution < 1.29 is 0 Å². The fourth-order valence-electron chi connectivity index (χ4n) is 2.43. The van der Waals surface area contributed by atoms with Gasteiger partial charge >= 0.3 is 0 Å². The van der Waals surface area contributed by atoms with Crippen molar-refractivity contribution in [2.75, 3.05) is 5.32 Å². The SMILES string of the molecule is C1=C(c2ccc(-c3ccccc3)cc2)Nc2nnnn2C1. The zero-order valence-corrected chi connectivity index (χ0v) is 11.3. The second-order valence-corrected chi connectivity index (χ2v) is 4.87. The monoisotopic (exact) mass is 275 g/mol. The van der Waals surface area contributed by atoms with Crippen molar-refractivity contribution in [2.45, 2.75) is 6.54 Å². The number of anilines is 1. The van der Waals surface area contributed by atoms with Gasteiger partial charge in [0.25, 0.3) is 0 Å². The van der Waals surface area contributed by atoms with E-state index < -0.39 is 0 Å². The average molecular weight is 275 g/mol. The Morgan fingerprint density at radius 1 is 0.857 bits per heavy atom. The second kappa shape index (κ2) is 4.86. The molecule has 0 fully saturated rings. The van der Waals surface area contributed by atoms with Gasteiger partial charge in [-0.2, -0.15) is 0 Å². The summed E-state index contributed by atoms with van der Waals surface area (Å²) < 4.78 is 1.72. The van der Waals surface area contributed by atoms with Crippen LogP contribution in [0.15, 0.2) is 60.7 Å². The molecule has 0 amide bonds. The molecule has 1 aliphatic rings. The van der Waals surface area contributed by atoms with Gasteiger partial charge in [-0.3, -0.25) is 0 Å². The van der Waals surface area contributed by atoms with Gasteiger partial charge in [-0.05, 0) is 33.2 Å². The van der Waals surface area contributed by atoms with E-state index in [4.69, 9.17) is 0 Å². The van der Waals surface area contributed by atoms with E-state index in [2.05, 4.69) is 63.3 Å². The molecule has 102 valence electrons. The van der Waals surface area contributed by atoms with E-state index in [9.17, 15) is 0 Å². The zero-order valence-electron chi connectivity index (χ0n) is 11.3. The topological polar surface area (TPSA) is 55.6 Å². The van der Waals surface area contributed by atoms with E-state index >= 15 is 0 Å². The number of aromatic nitrogens is 4. The molecule has 0 aliphatic carbocycles. The molecule has 3 aromatic rings. The maximum Gasteiger partial charge on any atom is 0.247 e. The van der Waals surface area contributed by atoms with Crippen LogP contribution in [0.2, 0.25) is 0 Å². The van der Waals surface area contributed by atoms with Gasteiger partial charge in [-0.25, -0.2) is 4.68 Å². The Balaban J connectivity index is 1.61. The quantitative estimate of drug-likeness (QED) is 0.781. The molecule has 0 atom stereocenters. The normalized spacial score (nSPS) is 13.2. The Bertz CT molecular complexity index is 787. The van der Waals surface area contributed by atoms with Crippen LogP contribution in [0, 0.1) is 0 Å². The molecule has 5 nitrogen and oxygen atoms in total. The third-order valence-corrected chi connectivity index (χ3v) is 3.55. The van der Waals surface area contributed by atoms with Crippen LogP contribution in [0.4, 0.5) is 5.95 Å². The molecular formula is C16H13N5. The van der Waals surface area contributed by atoms with E-state index in [0.717, 1.165) is 11.3 Å². The summed E-state index contributed by atoms with van der Waals surface area (Å²) in [4.78, 5) is 0. The van der Waals surface area contributed by atoms with Crippen LogP contribution < -0.4 is 5.32 Å². The van der Waals surface area contributed by atoms with Crippen molar-refractivity contribution in [3.8, 4) is 11.1 Å². The van der Waals surface area contributed by atoms with Gasteiger partial charge in [0.2, 0.25) is 5.95 Å². The minimum atomic E-state index is 0.680. The number of allylic oxidation sites excluding steroid dienone is 1. The van der Waals surface area contributed by atoms with Gasteiger partial charge in [0.05, 0.1) is 6.54 Å². The van der Waals surface area contributed by atoms with E-state index in [1.807, 2.05) is 18.2 Å². The average Bonchev–Trinajstić information content (AvgIpc) is 3.03. The Morgan fingerprint density at radius 3 is 2.38 bits per heavy atom. The molecule has 2 heterocycles. The van der Waals surface area contributed by atoms with Crippen LogP contribution in [0.3, 0.4) is 0 Å². The number of hydrogen-bond acceptors (Lipinski definition) is 4. The number of fused-ring (bicyclic) bond motifs is 1. The minimum Gasteiger partial charge on any atom is -0.323 e. The van der Waals surface area contributed by atoms with Crippen molar-refractivity contribution in [1.29, 1.82) is 0 Å². The number of rotatable bonds is 2. The summed E-state index contributed by atoms with van der Waals surface area (Å²) in [5.74, 6) is 0.680. The molecule has 21 heavy (non-hydrogen) atoms. The lowest BCUT2D eigenvalue weighted by molar-refractivity contribution is 0.661. The van der Waals surface area contributed by atoms with Crippen molar-refractivity contribution in [3.05, 3.63) is 66.2 Å². The summed E-state index contributed by atoms with van der Waals surface area (Å²) in [6.07, 6.45) is 2.08. The Labute approximate surface area is 121 Å². The number of nitrogens with one attached hydrogen (secondary N) is 1. The molecule has 0 saturated carbocycles. The number of benzene rings is 2. The lowest BCUT2D eigenvalue weighted by atomic mass is 10.0. The first-order chi connectivity index (χ1) is 10.4. The minimum absolute atomic E-state index is 0.680. The van der Waals surface area contributed by atoms with Gasteiger partial charge in [0.15, 0.2) is 0 Å². The van der Waals surface area contributed by atoms with E-state index in [-0.39, 0.29) is 0 Å². The number of tetrazole rings is 1. The fourth-order valence-corrected chi connectivity index (χ4v) is 2.43. The van der Waals surface area contributed by atoms with Gasteiger partial charge in [-0.15, -0.1) is 0 Å². The smallest absolute Gasteiger partial charge is 0.247 e. The fraction of sp³-hybridized carbons (Fsp3) is 0.0625. The largest absolute Gasteiger partial charge is 0.323 e. The molecule has 0 spiro atoms. The maximum atomic E-state index is 3.95. The second-order valence-electron chi connectivity index (χ2n) is 4.87. The van der Waals surface area contributed by atoms with Crippen molar-refractivity contribution in [1.82, 2.24) is 20.2 Å². The zero-order chi connectivity index (χ0) is 14.1. The summed E-state index contributed by atoms with van der Waals surface area (Å²) in [5, 5.41) is 14.7. The first-order valence-electron chi connectivity index (χ1n) is 6.79. The van der Waals surface area contributed by atoms with Gasteiger partial charge < -0.3 is 5.32 Å². The van der Waals surface area contributed by atoms with Crippen molar-refractivity contribution >= 4 is 11.6 Å². The highest BCUT2D eigenvalue weighted by atomic mass is 15.6. The van der Waals surface area contributed by atoms with Crippen molar-refractivity contribution in [2.24, 2.45) is 0 Å². The van der Waals surface area contributed by atoms with E-state index in [0.29, 0.717) is 12.5 Å². The predicted octanol–water partition coefficient (Wildman–Crippen LogP) is 2.81. The summed E-state index contributed by atoms with van der Waals surface area (Å²) >= 11 is 0. The van der Waals surface area contributed by atoms with Crippen molar-refractivity contribution in [3.63, 3.8) is 0 Å². The Kier molecular flexibility index (Phi) is 2.74. The molecule has 4 rings (SSSR count). The van der Waals surface area contributed by atoms with Crippen LogP contribution >= 0.6 is 0 Å². The Morgan fingerprint density at radius 2 is 1.57 bits per heavy atom. The molecular weight excluding hydrogens is 262 g/mol. The van der Waals surface area contributed by atoms with E-state index in [1.165, 1.54) is 11.1 Å². The maximum absolute atomic E-state index is 3.95. The molecule has 1 N–H and O–H groups in total. The predicted molar refractivity (Wildman–Crippen MR) is 81.3 cm³/mol. The van der Waals surface area contributed by atoms with Crippen LogP contribution in [0.25, 0.3) is 16.8 Å². The highest BCUT2D eigenvalue weighted by molar-refractivity contribution is 5.77. The Hall–Kier alpha value is -2.95. The number of nitrogens with zero attached hydrogens (tertiary/aromatic N) is 4. The highest BCUT2D eigenvalue weighted by Gasteiger charge is 2.13. The van der Waals surface area contributed by atoms with Crippen LogP contribution in [-0.2, 0) is 6.54 Å².